The summed E-state index contributed by atoms with van der Waals surface area (Å²) in [4.78, 5) is 16.0. The van der Waals surface area contributed by atoms with Crippen LogP contribution in [0.5, 0.6) is 0 Å². The Morgan fingerprint density at radius 2 is 1.58 bits per heavy atom. The van der Waals surface area contributed by atoms with Gasteiger partial charge in [-0.2, -0.15) is 0 Å². The first kappa shape index (κ1) is 29.7. The molecule has 10 rings (SSSR count). The van der Waals surface area contributed by atoms with E-state index < -0.39 is 0 Å². The number of allylic oxidation sites excluding steroid dienone is 19. The van der Waals surface area contributed by atoms with Gasteiger partial charge in [0.1, 0.15) is 5.84 Å². The van der Waals surface area contributed by atoms with Crippen molar-refractivity contribution in [2.75, 3.05) is 0 Å². The molecule has 0 fully saturated rings. The lowest BCUT2D eigenvalue weighted by molar-refractivity contribution is 0.601. The molecule has 0 radical (unpaired) electrons. The maximum absolute atomic E-state index is 5.59. The largest absolute Gasteiger partial charge is 0.261 e. The number of hydrogen-bond acceptors (Lipinski definition) is 3. The molecule has 0 spiro atoms. The molecule has 0 saturated heterocycles. The van der Waals surface area contributed by atoms with E-state index in [0.717, 1.165) is 50.1 Å². The van der Waals surface area contributed by atoms with Crippen molar-refractivity contribution in [2.24, 2.45) is 33.7 Å². The fourth-order valence-electron chi connectivity index (χ4n) is 9.39. The summed E-state index contributed by atoms with van der Waals surface area (Å²) in [7, 11) is 0. The van der Waals surface area contributed by atoms with Crippen molar-refractivity contribution < 1.29 is 0 Å². The molecule has 50 heavy (non-hydrogen) atoms. The first-order valence-corrected chi connectivity index (χ1v) is 18.6. The van der Waals surface area contributed by atoms with Gasteiger partial charge in [0.15, 0.2) is 0 Å². The van der Waals surface area contributed by atoms with Crippen molar-refractivity contribution in [3.63, 3.8) is 0 Å². The molecule has 5 unspecified atom stereocenters. The van der Waals surface area contributed by atoms with Gasteiger partial charge in [-0.05, 0) is 82.7 Å². The summed E-state index contributed by atoms with van der Waals surface area (Å²) >= 11 is 0. The van der Waals surface area contributed by atoms with E-state index in [1.165, 1.54) is 55.8 Å². The van der Waals surface area contributed by atoms with Gasteiger partial charge in [-0.3, -0.25) is 9.98 Å². The molecule has 1 aromatic heterocycles. The fourth-order valence-corrected chi connectivity index (χ4v) is 9.39. The number of pyridine rings is 1. The normalized spacial score (nSPS) is 29.9. The highest BCUT2D eigenvalue weighted by Crippen LogP contribution is 2.47. The minimum atomic E-state index is 0.00900. The van der Waals surface area contributed by atoms with Crippen molar-refractivity contribution in [1.29, 1.82) is 0 Å². The number of aliphatic imine (C=N–C) groups is 2. The third-order valence-electron chi connectivity index (χ3n) is 11.9. The van der Waals surface area contributed by atoms with Crippen LogP contribution in [-0.4, -0.2) is 22.6 Å². The van der Waals surface area contributed by atoms with Crippen molar-refractivity contribution in [1.82, 2.24) is 4.98 Å². The third kappa shape index (κ3) is 5.05. The van der Waals surface area contributed by atoms with E-state index in [2.05, 4.69) is 134 Å². The number of benzene rings is 1. The fraction of sp³-hybridized carbons (Fsp3) is 0.255. The molecule has 1 aliphatic heterocycles. The molecule has 7 aliphatic carbocycles. The first-order chi connectivity index (χ1) is 24.8. The number of aromatic nitrogens is 1. The van der Waals surface area contributed by atoms with Gasteiger partial charge in [-0.25, -0.2) is 4.99 Å². The van der Waals surface area contributed by atoms with E-state index in [-0.39, 0.29) is 12.0 Å². The molecule has 0 saturated carbocycles. The number of nitrogens with zero attached hydrogens (tertiary/aromatic N) is 3. The van der Waals surface area contributed by atoms with E-state index in [4.69, 9.17) is 15.0 Å². The number of amidine groups is 1. The first-order valence-electron chi connectivity index (χ1n) is 18.6. The quantitative estimate of drug-likeness (QED) is 0.325. The SMILES string of the molecule is C1=CC2C=C(C3CC(C4=CC5=C(C=CCC5)C5C=CC=CC45)=NC([C@H]4C=CC(c5nccc6c5C=CCC6)=CC4)=N3)c3ccccc3C2C=C1. The highest BCUT2D eigenvalue weighted by atomic mass is 15.0. The van der Waals surface area contributed by atoms with E-state index in [0.29, 0.717) is 23.7 Å². The summed E-state index contributed by atoms with van der Waals surface area (Å²) in [6.45, 7) is 0. The Labute approximate surface area is 295 Å². The molecule has 8 aliphatic rings. The summed E-state index contributed by atoms with van der Waals surface area (Å²) in [5.41, 5.74) is 14.6. The van der Waals surface area contributed by atoms with Crippen molar-refractivity contribution in [2.45, 2.75) is 50.5 Å². The highest BCUT2D eigenvalue weighted by Gasteiger charge is 2.38. The van der Waals surface area contributed by atoms with Crippen LogP contribution >= 0.6 is 0 Å². The maximum atomic E-state index is 5.59. The van der Waals surface area contributed by atoms with Gasteiger partial charge in [0.2, 0.25) is 0 Å². The van der Waals surface area contributed by atoms with E-state index in [9.17, 15) is 0 Å². The molecular formula is C47H41N3. The number of hydrogen-bond donors (Lipinski definition) is 0. The minimum absolute atomic E-state index is 0.00900. The Bertz CT molecular complexity index is 2200. The van der Waals surface area contributed by atoms with E-state index in [1.54, 1.807) is 0 Å². The lowest BCUT2D eigenvalue weighted by Gasteiger charge is -2.38. The van der Waals surface area contributed by atoms with Crippen molar-refractivity contribution in [3.8, 4) is 0 Å². The molecule has 0 bridgehead atoms. The predicted molar refractivity (Wildman–Crippen MR) is 208 cm³/mol. The molecule has 244 valence electrons. The zero-order chi connectivity index (χ0) is 33.0. The Kier molecular flexibility index (Phi) is 7.33. The zero-order valence-electron chi connectivity index (χ0n) is 28.3. The Hall–Kier alpha value is -5.15. The summed E-state index contributed by atoms with van der Waals surface area (Å²) in [5.74, 6) is 2.45. The van der Waals surface area contributed by atoms with Crippen LogP contribution in [0.1, 0.15) is 66.0 Å². The van der Waals surface area contributed by atoms with Gasteiger partial charge in [-0.15, -0.1) is 0 Å². The molecule has 3 nitrogen and oxygen atoms in total. The van der Waals surface area contributed by atoms with Gasteiger partial charge < -0.3 is 0 Å². The Morgan fingerprint density at radius 3 is 2.50 bits per heavy atom. The molecule has 2 aromatic rings. The second-order valence-electron chi connectivity index (χ2n) is 14.7. The number of aryl methyl sites for hydroxylation is 1. The topological polar surface area (TPSA) is 37.6 Å². The molecule has 1 aromatic carbocycles. The van der Waals surface area contributed by atoms with E-state index >= 15 is 0 Å². The standard InChI is InChI=1S/C47H41N3/c1-6-16-37-30(11-1)25-26-48-46(37)31-21-23-32(24-22-31)47-49-44(42-27-33-12-2-4-14-35(33)38-17-7-9-19-40(38)42)29-45(50-47)43-28-34-13-3-5-15-36(34)39-18-8-10-20-41(39)43/h2,4-10,12,14-23,25-28,32-33,35,39,41,44H,1,3,11,13,24,29H2/t32-,33?,35?,39?,41?,44?/m0/s1. The third-order valence-corrected chi connectivity index (χ3v) is 11.9. The monoisotopic (exact) mass is 647 g/mol. The van der Waals surface area contributed by atoms with Crippen molar-refractivity contribution >= 4 is 28.8 Å². The summed E-state index contributed by atoms with van der Waals surface area (Å²) in [6.07, 6.45) is 47.7. The smallest absolute Gasteiger partial charge is 0.131 e. The molecule has 0 amide bonds. The van der Waals surface area contributed by atoms with Crippen LogP contribution in [0.25, 0.3) is 17.2 Å². The molecule has 3 heteroatoms. The average molecular weight is 648 g/mol. The Balaban J connectivity index is 1.06. The zero-order valence-corrected chi connectivity index (χ0v) is 28.3. The second kappa shape index (κ2) is 12.3. The molecular weight excluding hydrogens is 607 g/mol. The molecule has 6 atom stereocenters. The summed E-state index contributed by atoms with van der Waals surface area (Å²) in [6, 6.07) is 11.2. The van der Waals surface area contributed by atoms with Crippen LogP contribution < -0.4 is 0 Å². The predicted octanol–water partition coefficient (Wildman–Crippen LogP) is 10.5. The van der Waals surface area contributed by atoms with Gasteiger partial charge in [-0.1, -0.05) is 128 Å². The summed E-state index contributed by atoms with van der Waals surface area (Å²) < 4.78 is 0. The van der Waals surface area contributed by atoms with Gasteiger partial charge in [0, 0.05) is 53.5 Å². The van der Waals surface area contributed by atoms with Crippen molar-refractivity contribution in [3.05, 3.63) is 178 Å². The Morgan fingerprint density at radius 1 is 0.740 bits per heavy atom. The number of rotatable bonds is 4. The maximum Gasteiger partial charge on any atom is 0.131 e. The van der Waals surface area contributed by atoms with E-state index in [1.807, 2.05) is 6.20 Å². The summed E-state index contributed by atoms with van der Waals surface area (Å²) in [5, 5.41) is 0. The second-order valence-corrected chi connectivity index (χ2v) is 14.7. The van der Waals surface area contributed by atoms with Crippen LogP contribution in [0.15, 0.2) is 160 Å². The van der Waals surface area contributed by atoms with Gasteiger partial charge >= 0.3 is 0 Å². The minimum Gasteiger partial charge on any atom is -0.261 e. The average Bonchev–Trinajstić information content (AvgIpc) is 3.20. The van der Waals surface area contributed by atoms with Gasteiger partial charge in [0.25, 0.3) is 0 Å². The van der Waals surface area contributed by atoms with Crippen LogP contribution in [0.2, 0.25) is 0 Å². The number of fused-ring (bicyclic) bond motifs is 6. The van der Waals surface area contributed by atoms with Crippen LogP contribution in [0.4, 0.5) is 0 Å². The van der Waals surface area contributed by atoms with Crippen LogP contribution in [0, 0.1) is 23.7 Å². The lowest BCUT2D eigenvalue weighted by Crippen LogP contribution is -2.32. The van der Waals surface area contributed by atoms with Crippen LogP contribution in [-0.2, 0) is 6.42 Å². The lowest BCUT2D eigenvalue weighted by atomic mass is 9.68. The van der Waals surface area contributed by atoms with Crippen LogP contribution in [0.3, 0.4) is 0 Å². The molecule has 2 heterocycles. The highest BCUT2D eigenvalue weighted by molar-refractivity contribution is 6.12. The van der Waals surface area contributed by atoms with Gasteiger partial charge in [0.05, 0.1) is 11.7 Å². The molecule has 0 N–H and O–H groups in total.